The molecule has 156 valence electrons. The summed E-state index contributed by atoms with van der Waals surface area (Å²) in [5.74, 6) is -0.885. The summed E-state index contributed by atoms with van der Waals surface area (Å²) in [6.45, 7) is 3.72. The molecule has 2 aromatic rings. The molecule has 2 atom stereocenters. The van der Waals surface area contributed by atoms with Gasteiger partial charge in [-0.1, -0.05) is 29.8 Å². The van der Waals surface area contributed by atoms with E-state index in [0.29, 0.717) is 12.2 Å². The van der Waals surface area contributed by atoms with Crippen LogP contribution in [0.15, 0.2) is 53.4 Å². The Balaban J connectivity index is 1.81. The van der Waals surface area contributed by atoms with Crippen LogP contribution < -0.4 is 10.6 Å². The van der Waals surface area contributed by atoms with E-state index in [2.05, 4.69) is 10.6 Å². The Morgan fingerprint density at radius 1 is 1.03 bits per heavy atom. The number of benzene rings is 2. The fraction of sp³-hybridized carbons (Fsp3) is 0.350. The molecule has 0 aromatic heterocycles. The van der Waals surface area contributed by atoms with Gasteiger partial charge in [-0.15, -0.1) is 0 Å². The topological polar surface area (TPSA) is 109 Å². The maximum Gasteiger partial charge on any atom is 0.221 e. The van der Waals surface area contributed by atoms with Crippen LogP contribution in [0.5, 0.6) is 0 Å². The Kier molecular flexibility index (Phi) is 6.11. The minimum absolute atomic E-state index is 0.0378. The summed E-state index contributed by atoms with van der Waals surface area (Å²) in [6, 6.07) is 12.8. The van der Waals surface area contributed by atoms with Crippen LogP contribution in [0.4, 0.5) is 5.69 Å². The van der Waals surface area contributed by atoms with Crippen LogP contribution in [-0.2, 0) is 31.0 Å². The van der Waals surface area contributed by atoms with Crippen LogP contribution >= 0.6 is 0 Å². The average molecular weight is 437 g/mol. The Labute approximate surface area is 171 Å². The van der Waals surface area contributed by atoms with E-state index in [4.69, 9.17) is 0 Å². The highest BCUT2D eigenvalue weighted by atomic mass is 32.2. The molecule has 3 rings (SSSR count). The summed E-state index contributed by atoms with van der Waals surface area (Å²) in [7, 11) is -7.34. The third kappa shape index (κ3) is 5.23. The van der Waals surface area contributed by atoms with Gasteiger partial charge in [-0.2, -0.15) is 0 Å². The van der Waals surface area contributed by atoms with E-state index in [9.17, 15) is 21.6 Å². The number of hydrogen-bond donors (Lipinski definition) is 2. The van der Waals surface area contributed by atoms with Crippen molar-refractivity contribution in [2.24, 2.45) is 0 Å². The quantitative estimate of drug-likeness (QED) is 0.713. The predicted octanol–water partition coefficient (Wildman–Crippen LogP) is 1.68. The van der Waals surface area contributed by atoms with E-state index in [1.807, 2.05) is 31.2 Å². The van der Waals surface area contributed by atoms with Gasteiger partial charge in [0.2, 0.25) is 5.91 Å². The van der Waals surface area contributed by atoms with Crippen molar-refractivity contribution in [2.45, 2.75) is 36.6 Å². The summed E-state index contributed by atoms with van der Waals surface area (Å²) in [4.78, 5) is 11.2. The van der Waals surface area contributed by atoms with Crippen LogP contribution in [0, 0.1) is 6.92 Å². The van der Waals surface area contributed by atoms with Crippen LogP contribution in [0.2, 0.25) is 0 Å². The molecule has 0 spiro atoms. The van der Waals surface area contributed by atoms with E-state index < -0.39 is 36.7 Å². The van der Waals surface area contributed by atoms with Crippen LogP contribution in [0.3, 0.4) is 0 Å². The molecular formula is C20H24N2O5S2. The molecule has 2 aromatic carbocycles. The van der Waals surface area contributed by atoms with Crippen molar-refractivity contribution in [2.75, 3.05) is 16.8 Å². The molecule has 1 aliphatic heterocycles. The second kappa shape index (κ2) is 8.25. The molecule has 0 radical (unpaired) electrons. The zero-order chi connectivity index (χ0) is 21.2. The molecule has 1 heterocycles. The zero-order valence-corrected chi connectivity index (χ0v) is 17.9. The summed E-state index contributed by atoms with van der Waals surface area (Å²) >= 11 is 0. The number of sulfone groups is 2. The number of hydrogen-bond acceptors (Lipinski definition) is 6. The van der Waals surface area contributed by atoms with Gasteiger partial charge in [0.05, 0.1) is 21.7 Å². The summed E-state index contributed by atoms with van der Waals surface area (Å²) < 4.78 is 50.7. The Morgan fingerprint density at radius 3 is 2.24 bits per heavy atom. The monoisotopic (exact) mass is 436 g/mol. The van der Waals surface area contributed by atoms with Gasteiger partial charge in [-0.05, 0) is 36.8 Å². The molecule has 0 aliphatic carbocycles. The van der Waals surface area contributed by atoms with Crippen molar-refractivity contribution in [3.63, 3.8) is 0 Å². The number of nitrogens with one attached hydrogen (secondary N) is 2. The normalized spacial score (nSPS) is 21.0. The molecular weight excluding hydrogens is 412 g/mol. The predicted molar refractivity (Wildman–Crippen MR) is 112 cm³/mol. The minimum atomic E-state index is -3.87. The van der Waals surface area contributed by atoms with Gasteiger partial charge in [0.1, 0.15) is 0 Å². The fourth-order valence-electron chi connectivity index (χ4n) is 3.37. The van der Waals surface area contributed by atoms with Gasteiger partial charge in [0.15, 0.2) is 19.7 Å². The molecule has 29 heavy (non-hydrogen) atoms. The van der Waals surface area contributed by atoms with Gasteiger partial charge in [0.25, 0.3) is 0 Å². The van der Waals surface area contributed by atoms with Crippen molar-refractivity contribution in [3.05, 3.63) is 59.7 Å². The first kappa shape index (κ1) is 21.5. The lowest BCUT2D eigenvalue weighted by Gasteiger charge is -2.20. The number of carbonyl (C=O) groups is 1. The van der Waals surface area contributed by atoms with Gasteiger partial charge >= 0.3 is 0 Å². The molecule has 1 amide bonds. The summed E-state index contributed by atoms with van der Waals surface area (Å²) in [5.41, 5.74) is 2.54. The van der Waals surface area contributed by atoms with Gasteiger partial charge in [0, 0.05) is 25.2 Å². The molecule has 2 unspecified atom stereocenters. The van der Waals surface area contributed by atoms with Gasteiger partial charge in [-0.3, -0.25) is 4.79 Å². The number of aryl methyl sites for hydroxylation is 1. The van der Waals surface area contributed by atoms with E-state index in [1.54, 1.807) is 0 Å². The number of amides is 1. The van der Waals surface area contributed by atoms with Crippen molar-refractivity contribution in [1.29, 1.82) is 0 Å². The zero-order valence-electron chi connectivity index (χ0n) is 16.3. The van der Waals surface area contributed by atoms with Gasteiger partial charge in [-0.25, -0.2) is 16.8 Å². The first-order chi connectivity index (χ1) is 13.6. The molecule has 0 saturated carbocycles. The Bertz CT molecular complexity index is 1090. The lowest BCUT2D eigenvalue weighted by Crippen LogP contribution is -2.43. The first-order valence-corrected chi connectivity index (χ1v) is 12.5. The van der Waals surface area contributed by atoms with Crippen molar-refractivity contribution in [3.8, 4) is 0 Å². The minimum Gasteiger partial charge on any atom is -0.326 e. The number of anilines is 1. The van der Waals surface area contributed by atoms with E-state index in [0.717, 1.165) is 11.1 Å². The molecule has 2 N–H and O–H groups in total. The van der Waals surface area contributed by atoms with Crippen LogP contribution in [0.25, 0.3) is 0 Å². The van der Waals surface area contributed by atoms with Crippen molar-refractivity contribution < 1.29 is 21.6 Å². The summed E-state index contributed by atoms with van der Waals surface area (Å²) in [6.07, 6.45) is 0. The Morgan fingerprint density at radius 2 is 1.66 bits per heavy atom. The van der Waals surface area contributed by atoms with Crippen LogP contribution in [0.1, 0.15) is 18.1 Å². The smallest absolute Gasteiger partial charge is 0.221 e. The maximum absolute atomic E-state index is 13.1. The molecule has 1 aliphatic rings. The lowest BCUT2D eigenvalue weighted by atomic mass is 10.1. The highest BCUT2D eigenvalue weighted by Gasteiger charge is 2.45. The molecule has 1 saturated heterocycles. The second-order valence-electron chi connectivity index (χ2n) is 7.34. The highest BCUT2D eigenvalue weighted by Crippen LogP contribution is 2.27. The maximum atomic E-state index is 13.1. The van der Waals surface area contributed by atoms with Crippen LogP contribution in [-0.4, -0.2) is 45.5 Å². The van der Waals surface area contributed by atoms with E-state index in [-0.39, 0.29) is 16.6 Å². The lowest BCUT2D eigenvalue weighted by molar-refractivity contribution is -0.114. The molecule has 9 heteroatoms. The second-order valence-corrected chi connectivity index (χ2v) is 11.7. The van der Waals surface area contributed by atoms with E-state index >= 15 is 0 Å². The van der Waals surface area contributed by atoms with Crippen molar-refractivity contribution in [1.82, 2.24) is 5.32 Å². The highest BCUT2D eigenvalue weighted by molar-refractivity contribution is 7.96. The standard InChI is InChI=1S/C20H24N2O5S2/c1-14-3-5-16(6-4-14)11-21-19-12-28(24,25)13-20(19)29(26,27)18-9-7-17(8-10-18)22-15(2)23/h3-10,19-21H,11-13H2,1-2H3,(H,22,23). The third-order valence-corrected chi connectivity index (χ3v) is 9.06. The molecule has 7 nitrogen and oxygen atoms in total. The SMILES string of the molecule is CC(=O)Nc1ccc(S(=O)(=O)C2CS(=O)(=O)CC2NCc2ccc(C)cc2)cc1. The molecule has 1 fully saturated rings. The third-order valence-electron chi connectivity index (χ3n) is 4.89. The first-order valence-electron chi connectivity index (χ1n) is 9.18. The van der Waals surface area contributed by atoms with Gasteiger partial charge < -0.3 is 10.6 Å². The number of carbonyl (C=O) groups excluding carboxylic acids is 1. The number of rotatable bonds is 6. The Hall–Kier alpha value is -2.23. The largest absolute Gasteiger partial charge is 0.326 e. The van der Waals surface area contributed by atoms with Crippen molar-refractivity contribution >= 4 is 31.3 Å². The molecule has 0 bridgehead atoms. The fourth-order valence-corrected chi connectivity index (χ4v) is 8.09. The van der Waals surface area contributed by atoms with E-state index in [1.165, 1.54) is 31.2 Å². The summed E-state index contributed by atoms with van der Waals surface area (Å²) in [5, 5.41) is 4.63. The average Bonchev–Trinajstić information content (AvgIpc) is 2.97.